The van der Waals surface area contributed by atoms with Gasteiger partial charge in [-0.05, 0) is 42.8 Å². The fourth-order valence-corrected chi connectivity index (χ4v) is 5.55. The number of para-hydroxylation sites is 2. The Kier molecular flexibility index (Phi) is 5.83. The zero-order valence-corrected chi connectivity index (χ0v) is 16.3. The predicted molar refractivity (Wildman–Crippen MR) is 102 cm³/mol. The van der Waals surface area contributed by atoms with Gasteiger partial charge in [0, 0.05) is 13.1 Å². The minimum Gasteiger partial charge on any atom is -0.495 e. The van der Waals surface area contributed by atoms with Crippen molar-refractivity contribution in [1.29, 1.82) is 0 Å². The lowest BCUT2D eigenvalue weighted by Crippen LogP contribution is -2.44. The fourth-order valence-electron chi connectivity index (χ4n) is 3.02. The quantitative estimate of drug-likeness (QED) is 0.755. The second kappa shape index (κ2) is 8.09. The maximum absolute atomic E-state index is 13.2. The van der Waals surface area contributed by atoms with Crippen molar-refractivity contribution in [3.8, 4) is 5.75 Å². The van der Waals surface area contributed by atoms with Crippen molar-refractivity contribution in [1.82, 2.24) is 4.90 Å². The van der Waals surface area contributed by atoms with E-state index in [1.807, 2.05) is 0 Å². The van der Waals surface area contributed by atoms with Gasteiger partial charge in [0.1, 0.15) is 16.5 Å². The molecular formula is C18H22N2O4S2. The van der Waals surface area contributed by atoms with Crippen LogP contribution in [0.5, 0.6) is 5.75 Å². The Morgan fingerprint density at radius 3 is 2.54 bits per heavy atom. The molecule has 1 aromatic heterocycles. The number of methoxy groups -OCH3 is 1. The van der Waals surface area contributed by atoms with Gasteiger partial charge in [-0.15, -0.1) is 11.3 Å². The van der Waals surface area contributed by atoms with E-state index in [4.69, 9.17) is 4.74 Å². The van der Waals surface area contributed by atoms with Gasteiger partial charge in [-0.2, -0.15) is 0 Å². The van der Waals surface area contributed by atoms with E-state index in [1.54, 1.807) is 46.7 Å². The Morgan fingerprint density at radius 2 is 1.88 bits per heavy atom. The molecule has 0 saturated carbocycles. The Balaban J connectivity index is 1.98. The molecule has 0 spiro atoms. The third-order valence-corrected chi connectivity index (χ3v) is 7.51. The first kappa shape index (κ1) is 18.7. The van der Waals surface area contributed by atoms with Crippen LogP contribution in [0.2, 0.25) is 0 Å². The highest BCUT2D eigenvalue weighted by molar-refractivity contribution is 7.94. The number of thiophene rings is 1. The molecule has 0 N–H and O–H groups in total. The SMILES string of the molecule is COc1ccccc1N(CC(=O)N1CCCCC1)S(=O)(=O)c1cccs1. The van der Waals surface area contributed by atoms with Gasteiger partial charge in [-0.25, -0.2) is 8.42 Å². The van der Waals surface area contributed by atoms with Crippen molar-refractivity contribution in [3.63, 3.8) is 0 Å². The summed E-state index contributed by atoms with van der Waals surface area (Å²) in [6, 6.07) is 10.1. The largest absolute Gasteiger partial charge is 0.495 e. The van der Waals surface area contributed by atoms with Gasteiger partial charge in [-0.3, -0.25) is 9.10 Å². The summed E-state index contributed by atoms with van der Waals surface area (Å²) >= 11 is 1.13. The number of carbonyl (C=O) groups excluding carboxylic acids is 1. The zero-order valence-electron chi connectivity index (χ0n) is 14.6. The molecule has 0 atom stereocenters. The Hall–Kier alpha value is -2.06. The van der Waals surface area contributed by atoms with E-state index < -0.39 is 10.0 Å². The first-order valence-electron chi connectivity index (χ1n) is 8.51. The van der Waals surface area contributed by atoms with E-state index in [0.29, 0.717) is 24.5 Å². The van der Waals surface area contributed by atoms with Gasteiger partial charge < -0.3 is 9.64 Å². The number of hydrogen-bond acceptors (Lipinski definition) is 5. The molecule has 1 aliphatic rings. The third-order valence-electron chi connectivity index (χ3n) is 4.38. The van der Waals surface area contributed by atoms with Crippen LogP contribution in [0.3, 0.4) is 0 Å². The van der Waals surface area contributed by atoms with Crippen molar-refractivity contribution < 1.29 is 17.9 Å². The van der Waals surface area contributed by atoms with Crippen molar-refractivity contribution in [2.45, 2.75) is 23.5 Å². The number of hydrogen-bond donors (Lipinski definition) is 0. The molecule has 1 saturated heterocycles. The molecule has 1 amide bonds. The van der Waals surface area contributed by atoms with E-state index in [9.17, 15) is 13.2 Å². The lowest BCUT2D eigenvalue weighted by molar-refractivity contribution is -0.130. The predicted octanol–water partition coefficient (Wildman–Crippen LogP) is 2.96. The summed E-state index contributed by atoms with van der Waals surface area (Å²) in [4.78, 5) is 14.5. The Bertz CT molecular complexity index is 844. The molecule has 3 rings (SSSR count). The molecular weight excluding hydrogens is 372 g/mol. The fraction of sp³-hybridized carbons (Fsp3) is 0.389. The van der Waals surface area contributed by atoms with Crippen LogP contribution in [0.25, 0.3) is 0 Å². The van der Waals surface area contributed by atoms with E-state index in [1.165, 1.54) is 7.11 Å². The highest BCUT2D eigenvalue weighted by atomic mass is 32.2. The number of piperidine rings is 1. The number of likely N-dealkylation sites (tertiary alicyclic amines) is 1. The first-order chi connectivity index (χ1) is 12.5. The number of benzene rings is 1. The summed E-state index contributed by atoms with van der Waals surface area (Å²) in [6.07, 6.45) is 3.02. The summed E-state index contributed by atoms with van der Waals surface area (Å²) in [6.45, 7) is 1.12. The number of nitrogens with zero attached hydrogens (tertiary/aromatic N) is 2. The Labute approximate surface area is 158 Å². The topological polar surface area (TPSA) is 66.9 Å². The Morgan fingerprint density at radius 1 is 1.15 bits per heavy atom. The van der Waals surface area contributed by atoms with Gasteiger partial charge in [0.25, 0.3) is 10.0 Å². The maximum Gasteiger partial charge on any atom is 0.274 e. The molecule has 8 heteroatoms. The number of anilines is 1. The maximum atomic E-state index is 13.2. The molecule has 26 heavy (non-hydrogen) atoms. The molecule has 2 heterocycles. The van der Waals surface area contributed by atoms with Crippen molar-refractivity contribution in [2.75, 3.05) is 31.0 Å². The summed E-state index contributed by atoms with van der Waals surface area (Å²) in [5, 5.41) is 1.71. The van der Waals surface area contributed by atoms with Crippen LogP contribution in [0.4, 0.5) is 5.69 Å². The summed E-state index contributed by atoms with van der Waals surface area (Å²) in [5.41, 5.74) is 0.369. The van der Waals surface area contributed by atoms with Crippen molar-refractivity contribution in [3.05, 3.63) is 41.8 Å². The second-order valence-electron chi connectivity index (χ2n) is 6.06. The number of carbonyl (C=O) groups is 1. The second-order valence-corrected chi connectivity index (χ2v) is 9.09. The highest BCUT2D eigenvalue weighted by Gasteiger charge is 2.31. The van der Waals surface area contributed by atoms with Crippen LogP contribution in [0, 0.1) is 0 Å². The zero-order chi connectivity index (χ0) is 18.6. The molecule has 140 valence electrons. The normalized spacial score (nSPS) is 14.9. The average molecular weight is 395 g/mol. The van der Waals surface area contributed by atoms with Crippen molar-refractivity contribution >= 4 is 33.0 Å². The van der Waals surface area contributed by atoms with E-state index >= 15 is 0 Å². The van der Waals surface area contributed by atoms with E-state index in [-0.39, 0.29) is 16.7 Å². The average Bonchev–Trinajstić information content (AvgIpc) is 3.22. The van der Waals surface area contributed by atoms with Gasteiger partial charge in [0.2, 0.25) is 5.91 Å². The van der Waals surface area contributed by atoms with Crippen LogP contribution >= 0.6 is 11.3 Å². The minimum atomic E-state index is -3.85. The smallest absolute Gasteiger partial charge is 0.274 e. The van der Waals surface area contributed by atoms with Crippen molar-refractivity contribution in [2.24, 2.45) is 0 Å². The van der Waals surface area contributed by atoms with Gasteiger partial charge in [0.15, 0.2) is 0 Å². The van der Waals surface area contributed by atoms with E-state index in [0.717, 1.165) is 34.9 Å². The number of rotatable bonds is 6. The van der Waals surface area contributed by atoms with Crippen LogP contribution in [-0.4, -0.2) is 46.0 Å². The molecule has 0 aliphatic carbocycles. The number of ether oxygens (including phenoxy) is 1. The summed E-state index contributed by atoms with van der Waals surface area (Å²) in [5.74, 6) is 0.231. The molecule has 1 fully saturated rings. The van der Waals surface area contributed by atoms with Crippen LogP contribution in [0.1, 0.15) is 19.3 Å². The lowest BCUT2D eigenvalue weighted by atomic mass is 10.1. The van der Waals surface area contributed by atoms with Crippen LogP contribution < -0.4 is 9.04 Å². The third kappa shape index (κ3) is 3.86. The summed E-state index contributed by atoms with van der Waals surface area (Å²) in [7, 11) is -2.37. The minimum absolute atomic E-state index is 0.185. The molecule has 0 radical (unpaired) electrons. The van der Waals surface area contributed by atoms with Gasteiger partial charge >= 0.3 is 0 Å². The number of sulfonamides is 1. The monoisotopic (exact) mass is 394 g/mol. The number of amides is 1. The van der Waals surface area contributed by atoms with Crippen LogP contribution in [0.15, 0.2) is 46.0 Å². The molecule has 0 bridgehead atoms. The van der Waals surface area contributed by atoms with E-state index in [2.05, 4.69) is 0 Å². The highest BCUT2D eigenvalue weighted by Crippen LogP contribution is 2.33. The van der Waals surface area contributed by atoms with Gasteiger partial charge in [0.05, 0.1) is 12.8 Å². The molecule has 1 aromatic carbocycles. The molecule has 6 nitrogen and oxygen atoms in total. The van der Waals surface area contributed by atoms with Gasteiger partial charge in [-0.1, -0.05) is 18.2 Å². The standard InChI is InChI=1S/C18H22N2O4S2/c1-24-16-9-4-3-8-15(16)20(26(22,23)18-10-7-13-25-18)14-17(21)19-11-5-2-6-12-19/h3-4,7-10,13H,2,5-6,11-12,14H2,1H3. The molecule has 0 unspecified atom stereocenters. The summed E-state index contributed by atoms with van der Waals surface area (Å²) < 4.78 is 33.1. The molecule has 2 aromatic rings. The molecule has 1 aliphatic heterocycles. The lowest BCUT2D eigenvalue weighted by Gasteiger charge is -2.30. The van der Waals surface area contributed by atoms with Crippen LogP contribution in [-0.2, 0) is 14.8 Å². The first-order valence-corrected chi connectivity index (χ1v) is 10.8.